The monoisotopic (exact) mass is 738 g/mol. The van der Waals surface area contributed by atoms with Gasteiger partial charge in [0.2, 0.25) is 12.7 Å². The highest BCUT2D eigenvalue weighted by molar-refractivity contribution is 6.09. The second-order valence-corrected chi connectivity index (χ2v) is 16.0. The fraction of sp³-hybridized carbons (Fsp3) is 0.429. The Morgan fingerprint density at radius 3 is 2.26 bits per heavy atom. The van der Waals surface area contributed by atoms with E-state index in [1.807, 2.05) is 95.3 Å². The van der Waals surface area contributed by atoms with Gasteiger partial charge >= 0.3 is 11.9 Å². The number of ether oxygens (including phenoxy) is 2. The van der Waals surface area contributed by atoms with Crippen molar-refractivity contribution in [1.29, 1.82) is 0 Å². The zero-order valence-corrected chi connectivity index (χ0v) is 33.2. The molecule has 1 aliphatic rings. The maximum absolute atomic E-state index is 13.3. The fourth-order valence-electron chi connectivity index (χ4n) is 5.31. The first-order chi connectivity index (χ1) is 25.5. The van der Waals surface area contributed by atoms with Crippen LogP contribution < -0.4 is 10.6 Å². The average Bonchev–Trinajstić information content (AvgIpc) is 3.12. The van der Waals surface area contributed by atoms with Gasteiger partial charge in [-0.25, -0.2) is 9.97 Å². The molecule has 1 saturated heterocycles. The third-order valence-corrected chi connectivity index (χ3v) is 8.93. The number of anilines is 3. The molecule has 0 atom stereocenters. The summed E-state index contributed by atoms with van der Waals surface area (Å²) >= 11 is 0. The lowest BCUT2D eigenvalue weighted by Crippen LogP contribution is -2.58. The van der Waals surface area contributed by atoms with E-state index in [1.54, 1.807) is 39.2 Å². The summed E-state index contributed by atoms with van der Waals surface area (Å²) in [4.78, 5) is 53.4. The molecule has 0 aliphatic carbocycles. The second kappa shape index (κ2) is 18.2. The predicted molar refractivity (Wildman–Crippen MR) is 214 cm³/mol. The maximum Gasteiger partial charge on any atom is 0.315 e. The Balaban J connectivity index is 1.34. The summed E-state index contributed by atoms with van der Waals surface area (Å²) in [5, 5.41) is 6.30. The number of carbonyl (C=O) groups excluding carboxylic acids is 3. The number of carbonyl (C=O) groups is 3. The zero-order chi connectivity index (χ0) is 39.5. The standard InChI is InChI=1S/C42H55N7O5/c1-10-11-12-33(26-43-28-53-38(51)41(3,4)5)35-19-20-44-40(46-35)47-36-25-34(18-13-30(36)2)45-37(50)32-16-14-31(15-17-32)27-48-21-23-49(9,24-22-48)29-54-39(52)42(6,7)8/h10-20,25-26H,21-24,27-29H2,1-9H3,(H-,44,45,46,47,50)/p+1/b11-10-,33-12+,43-26+. The van der Waals surface area contributed by atoms with Crippen LogP contribution in [0.3, 0.4) is 0 Å². The van der Waals surface area contributed by atoms with Gasteiger partial charge < -0.3 is 20.1 Å². The topological polar surface area (TPSA) is 135 Å². The van der Waals surface area contributed by atoms with E-state index in [4.69, 9.17) is 14.5 Å². The third kappa shape index (κ3) is 12.4. The Morgan fingerprint density at radius 1 is 0.944 bits per heavy atom. The molecule has 0 unspecified atom stereocenters. The van der Waals surface area contributed by atoms with E-state index in [0.717, 1.165) is 49.5 Å². The number of likely N-dealkylation sites (N-methyl/N-ethyl adjacent to an activating group) is 1. The Labute approximate surface area is 320 Å². The minimum atomic E-state index is -0.609. The highest BCUT2D eigenvalue weighted by atomic mass is 16.6. The molecule has 2 N–H and O–H groups in total. The number of quaternary nitrogens is 1. The van der Waals surface area contributed by atoms with Crippen LogP contribution in [0, 0.1) is 17.8 Å². The molecule has 12 heteroatoms. The quantitative estimate of drug-likeness (QED) is 0.0810. The molecular weight excluding hydrogens is 683 g/mol. The molecule has 12 nitrogen and oxygen atoms in total. The van der Waals surface area contributed by atoms with Crippen LogP contribution in [-0.2, 0) is 25.6 Å². The number of nitrogens with zero attached hydrogens (tertiary/aromatic N) is 5. The Kier molecular flexibility index (Phi) is 14.0. The molecule has 2 aromatic carbocycles. The Hall–Kier alpha value is -5.20. The van der Waals surface area contributed by atoms with Gasteiger partial charge in [0, 0.05) is 54.6 Å². The molecule has 288 valence electrons. The van der Waals surface area contributed by atoms with Crippen LogP contribution in [0.15, 0.2) is 77.9 Å². The van der Waals surface area contributed by atoms with Crippen LogP contribution in [0.2, 0.25) is 0 Å². The van der Waals surface area contributed by atoms with Crippen molar-refractivity contribution in [1.82, 2.24) is 14.9 Å². The smallest absolute Gasteiger partial charge is 0.315 e. The summed E-state index contributed by atoms with van der Waals surface area (Å²) in [6.07, 6.45) is 8.92. The number of aromatic nitrogens is 2. The predicted octanol–water partition coefficient (Wildman–Crippen LogP) is 7.17. The highest BCUT2D eigenvalue weighted by Gasteiger charge is 2.32. The van der Waals surface area contributed by atoms with Gasteiger partial charge in [0.05, 0.1) is 36.7 Å². The summed E-state index contributed by atoms with van der Waals surface area (Å²) in [7, 11) is 2.13. The number of hydrogen-bond acceptors (Lipinski definition) is 10. The first-order valence-electron chi connectivity index (χ1n) is 18.3. The molecule has 2 heterocycles. The number of rotatable bonds is 13. The van der Waals surface area contributed by atoms with Crippen molar-refractivity contribution in [2.75, 3.05) is 57.3 Å². The normalized spacial score (nSPS) is 15.3. The van der Waals surface area contributed by atoms with Crippen LogP contribution in [-0.4, -0.2) is 90.1 Å². The number of aryl methyl sites for hydroxylation is 1. The van der Waals surface area contributed by atoms with E-state index in [2.05, 4.69) is 32.6 Å². The second-order valence-electron chi connectivity index (χ2n) is 16.0. The van der Waals surface area contributed by atoms with Gasteiger partial charge in [0.15, 0.2) is 6.73 Å². The number of nitrogens with one attached hydrogen (secondary N) is 2. The summed E-state index contributed by atoms with van der Waals surface area (Å²) in [5.41, 5.74) is 4.22. The van der Waals surface area contributed by atoms with Crippen molar-refractivity contribution >= 4 is 47.0 Å². The fourth-order valence-corrected chi connectivity index (χ4v) is 5.31. The summed E-state index contributed by atoms with van der Waals surface area (Å²) < 4.78 is 11.6. The number of esters is 2. The lowest BCUT2D eigenvalue weighted by Gasteiger charge is -2.41. The third-order valence-electron chi connectivity index (χ3n) is 8.93. The minimum Gasteiger partial charge on any atom is -0.442 e. The number of amides is 1. The molecule has 1 amide bonds. The SMILES string of the molecule is C\C=C/C=C(\C=N\COC(=O)C(C)(C)C)c1ccnc(Nc2cc(NC(=O)c3ccc(CN4CC[N+](C)(COC(=O)C(C)(C)C)CC4)cc3)ccc2C)n1. The molecule has 0 bridgehead atoms. The number of piperazine rings is 1. The van der Waals surface area contributed by atoms with Crippen molar-refractivity contribution < 1.29 is 28.3 Å². The Morgan fingerprint density at radius 2 is 1.61 bits per heavy atom. The largest absolute Gasteiger partial charge is 0.442 e. The molecule has 0 radical (unpaired) electrons. The van der Waals surface area contributed by atoms with E-state index >= 15 is 0 Å². The molecule has 54 heavy (non-hydrogen) atoms. The lowest BCUT2D eigenvalue weighted by molar-refractivity contribution is -0.929. The molecule has 4 rings (SSSR count). The van der Waals surface area contributed by atoms with Crippen LogP contribution >= 0.6 is 0 Å². The lowest BCUT2D eigenvalue weighted by atomic mass is 9.97. The van der Waals surface area contributed by atoms with E-state index in [-0.39, 0.29) is 24.6 Å². The first-order valence-corrected chi connectivity index (χ1v) is 18.3. The summed E-state index contributed by atoms with van der Waals surface area (Å²) in [6, 6.07) is 15.1. The van der Waals surface area contributed by atoms with E-state index in [0.29, 0.717) is 39.7 Å². The first kappa shape index (κ1) is 41.6. The van der Waals surface area contributed by atoms with Gasteiger partial charge in [0.1, 0.15) is 0 Å². The minimum absolute atomic E-state index is 0.0979. The van der Waals surface area contributed by atoms with Crippen LogP contribution in [0.25, 0.3) is 5.57 Å². The summed E-state index contributed by atoms with van der Waals surface area (Å²) in [5.74, 6) is -0.341. The molecular formula is C42H56N7O5+. The maximum atomic E-state index is 13.3. The Bertz CT molecular complexity index is 1860. The van der Waals surface area contributed by atoms with Crippen LogP contribution in [0.4, 0.5) is 17.3 Å². The number of benzene rings is 2. The van der Waals surface area contributed by atoms with Gasteiger partial charge in [-0.15, -0.1) is 0 Å². The van der Waals surface area contributed by atoms with Gasteiger partial charge in [0.25, 0.3) is 5.91 Å². The molecule has 1 aliphatic heterocycles. The van der Waals surface area contributed by atoms with Gasteiger partial charge in [-0.3, -0.25) is 28.8 Å². The van der Waals surface area contributed by atoms with Crippen molar-refractivity contribution in [3.05, 3.63) is 95.3 Å². The van der Waals surface area contributed by atoms with Gasteiger partial charge in [-0.2, -0.15) is 0 Å². The van der Waals surface area contributed by atoms with Crippen molar-refractivity contribution in [3.63, 3.8) is 0 Å². The van der Waals surface area contributed by atoms with Crippen molar-refractivity contribution in [3.8, 4) is 0 Å². The van der Waals surface area contributed by atoms with Crippen molar-refractivity contribution in [2.24, 2.45) is 15.8 Å². The average molecular weight is 739 g/mol. The van der Waals surface area contributed by atoms with E-state index < -0.39 is 10.8 Å². The zero-order valence-electron chi connectivity index (χ0n) is 33.2. The number of allylic oxidation sites excluding steroid dienone is 4. The van der Waals surface area contributed by atoms with Crippen LogP contribution in [0.1, 0.15) is 75.6 Å². The number of aliphatic imine (C=N–C) groups is 1. The van der Waals surface area contributed by atoms with E-state index in [1.165, 1.54) is 0 Å². The highest BCUT2D eigenvalue weighted by Crippen LogP contribution is 2.25. The van der Waals surface area contributed by atoms with Crippen molar-refractivity contribution in [2.45, 2.75) is 61.9 Å². The molecule has 0 spiro atoms. The number of hydrogen-bond donors (Lipinski definition) is 2. The molecule has 3 aromatic rings. The molecule has 1 aromatic heterocycles. The van der Waals surface area contributed by atoms with Gasteiger partial charge in [-0.05, 0) is 96.8 Å². The van der Waals surface area contributed by atoms with Gasteiger partial charge in [-0.1, -0.05) is 36.4 Å². The molecule has 0 saturated carbocycles. The van der Waals surface area contributed by atoms with Crippen LogP contribution in [0.5, 0.6) is 0 Å². The van der Waals surface area contributed by atoms with E-state index in [9.17, 15) is 14.4 Å². The summed E-state index contributed by atoms with van der Waals surface area (Å²) in [6.45, 7) is 19.5. The molecule has 1 fully saturated rings.